The molecule has 0 saturated heterocycles. The average molecular weight is 259 g/mol. The number of nitrogens with one attached hydrogen (secondary N) is 1. The number of methoxy groups -OCH3 is 1. The predicted molar refractivity (Wildman–Crippen MR) is 73.6 cm³/mol. The number of esters is 1. The quantitative estimate of drug-likeness (QED) is 0.680. The lowest BCUT2D eigenvalue weighted by Gasteiger charge is -2.30. The van der Waals surface area contributed by atoms with Crippen molar-refractivity contribution in [2.45, 2.75) is 71.6 Å². The van der Waals surface area contributed by atoms with E-state index in [4.69, 9.17) is 9.47 Å². The monoisotopic (exact) mass is 259 g/mol. The summed E-state index contributed by atoms with van der Waals surface area (Å²) in [6.45, 7) is 12.2. The van der Waals surface area contributed by atoms with E-state index in [0.29, 0.717) is 0 Å². The first-order valence-corrected chi connectivity index (χ1v) is 6.58. The summed E-state index contributed by atoms with van der Waals surface area (Å²) in [5, 5.41) is 3.05. The first kappa shape index (κ1) is 17.4. The number of hydrogen-bond donors (Lipinski definition) is 1. The van der Waals surface area contributed by atoms with Crippen LogP contribution in [0.3, 0.4) is 0 Å². The highest BCUT2D eigenvalue weighted by Crippen LogP contribution is 2.24. The van der Waals surface area contributed by atoms with Crippen LogP contribution in [-0.2, 0) is 14.3 Å². The van der Waals surface area contributed by atoms with Gasteiger partial charge in [0.05, 0.1) is 12.1 Å². The summed E-state index contributed by atoms with van der Waals surface area (Å²) in [5.74, 6) is -0.205. The Labute approximate surface area is 111 Å². The SMILES string of the molecule is COC(C)(C)CCC(C)(C)OC(=O)CNC(C)C. The van der Waals surface area contributed by atoms with Crippen LogP contribution in [0.4, 0.5) is 0 Å². The Kier molecular flexibility index (Phi) is 6.86. The van der Waals surface area contributed by atoms with Crippen molar-refractivity contribution < 1.29 is 14.3 Å². The molecule has 0 aliphatic heterocycles. The molecule has 0 spiro atoms. The summed E-state index contributed by atoms with van der Waals surface area (Å²) in [4.78, 5) is 11.6. The van der Waals surface area contributed by atoms with Gasteiger partial charge < -0.3 is 14.8 Å². The summed E-state index contributed by atoms with van der Waals surface area (Å²) in [6.07, 6.45) is 1.63. The normalized spacial score (nSPS) is 12.9. The van der Waals surface area contributed by atoms with Crippen LogP contribution in [0.15, 0.2) is 0 Å². The molecule has 1 N–H and O–H groups in total. The minimum Gasteiger partial charge on any atom is -0.459 e. The van der Waals surface area contributed by atoms with Crippen LogP contribution in [0.1, 0.15) is 54.4 Å². The molecule has 0 amide bonds. The van der Waals surface area contributed by atoms with Gasteiger partial charge in [-0.25, -0.2) is 0 Å². The standard InChI is InChI=1S/C14H29NO3/c1-11(2)15-10-12(16)18-14(5,6)9-8-13(3,4)17-7/h11,15H,8-10H2,1-7H3. The van der Waals surface area contributed by atoms with Crippen molar-refractivity contribution in [1.82, 2.24) is 5.32 Å². The second-order valence-electron chi connectivity index (χ2n) is 6.23. The van der Waals surface area contributed by atoms with E-state index < -0.39 is 5.60 Å². The van der Waals surface area contributed by atoms with Gasteiger partial charge in [-0.3, -0.25) is 4.79 Å². The van der Waals surface area contributed by atoms with E-state index in [1.165, 1.54) is 0 Å². The highest BCUT2D eigenvalue weighted by Gasteiger charge is 2.27. The Hall–Kier alpha value is -0.610. The van der Waals surface area contributed by atoms with Crippen molar-refractivity contribution in [3.05, 3.63) is 0 Å². The third-order valence-corrected chi connectivity index (χ3v) is 2.93. The second kappa shape index (κ2) is 7.10. The third kappa shape index (κ3) is 8.48. The zero-order valence-electron chi connectivity index (χ0n) is 12.9. The maximum absolute atomic E-state index is 11.6. The highest BCUT2D eigenvalue weighted by atomic mass is 16.6. The van der Waals surface area contributed by atoms with Crippen molar-refractivity contribution in [2.75, 3.05) is 13.7 Å². The number of carbonyl (C=O) groups is 1. The lowest BCUT2D eigenvalue weighted by molar-refractivity contribution is -0.157. The molecular formula is C14H29NO3. The van der Waals surface area contributed by atoms with E-state index >= 15 is 0 Å². The molecular weight excluding hydrogens is 230 g/mol. The van der Waals surface area contributed by atoms with E-state index in [1.54, 1.807) is 7.11 Å². The van der Waals surface area contributed by atoms with E-state index in [1.807, 2.05) is 41.5 Å². The van der Waals surface area contributed by atoms with Crippen molar-refractivity contribution in [2.24, 2.45) is 0 Å². The number of ether oxygens (including phenoxy) is 2. The molecule has 0 aromatic carbocycles. The van der Waals surface area contributed by atoms with Gasteiger partial charge in [-0.05, 0) is 40.5 Å². The van der Waals surface area contributed by atoms with Gasteiger partial charge in [-0.1, -0.05) is 13.8 Å². The van der Waals surface area contributed by atoms with Crippen LogP contribution < -0.4 is 5.32 Å². The molecule has 0 bridgehead atoms. The van der Waals surface area contributed by atoms with Crippen LogP contribution >= 0.6 is 0 Å². The van der Waals surface area contributed by atoms with Gasteiger partial charge >= 0.3 is 5.97 Å². The average Bonchev–Trinajstić information content (AvgIpc) is 2.24. The summed E-state index contributed by atoms with van der Waals surface area (Å²) in [5.41, 5.74) is -0.634. The van der Waals surface area contributed by atoms with Gasteiger partial charge in [0.15, 0.2) is 0 Å². The molecule has 0 atom stereocenters. The van der Waals surface area contributed by atoms with Crippen molar-refractivity contribution in [3.63, 3.8) is 0 Å². The topological polar surface area (TPSA) is 47.6 Å². The molecule has 4 nitrogen and oxygen atoms in total. The number of rotatable bonds is 8. The van der Waals surface area contributed by atoms with Gasteiger partial charge in [-0.15, -0.1) is 0 Å². The van der Waals surface area contributed by atoms with Gasteiger partial charge in [0, 0.05) is 13.2 Å². The van der Waals surface area contributed by atoms with Gasteiger partial charge in [0.2, 0.25) is 0 Å². The maximum atomic E-state index is 11.6. The first-order chi connectivity index (χ1) is 8.08. The third-order valence-electron chi connectivity index (χ3n) is 2.93. The molecule has 18 heavy (non-hydrogen) atoms. The molecule has 0 heterocycles. The number of hydrogen-bond acceptors (Lipinski definition) is 4. The molecule has 108 valence electrons. The highest BCUT2D eigenvalue weighted by molar-refractivity contribution is 5.72. The minimum absolute atomic E-state index is 0.181. The fourth-order valence-electron chi connectivity index (χ4n) is 1.39. The molecule has 4 heteroatoms. The summed E-state index contributed by atoms with van der Waals surface area (Å²) < 4.78 is 10.8. The Bertz CT molecular complexity index is 260. The van der Waals surface area contributed by atoms with Gasteiger partial charge in [-0.2, -0.15) is 0 Å². The molecule has 0 aliphatic carbocycles. The molecule has 0 aliphatic rings. The van der Waals surface area contributed by atoms with Gasteiger partial charge in [0.1, 0.15) is 5.60 Å². The lowest BCUT2D eigenvalue weighted by atomic mass is 9.94. The van der Waals surface area contributed by atoms with Crippen molar-refractivity contribution in [1.29, 1.82) is 0 Å². The smallest absolute Gasteiger partial charge is 0.320 e. The maximum Gasteiger partial charge on any atom is 0.320 e. The van der Waals surface area contributed by atoms with Crippen LogP contribution in [0.5, 0.6) is 0 Å². The predicted octanol–water partition coefficient (Wildman–Crippen LogP) is 2.51. The Morgan fingerprint density at radius 2 is 1.61 bits per heavy atom. The number of carbonyl (C=O) groups excluding carboxylic acids is 1. The second-order valence-corrected chi connectivity index (χ2v) is 6.23. The zero-order chi connectivity index (χ0) is 14.4. The minimum atomic E-state index is -0.453. The van der Waals surface area contributed by atoms with Crippen LogP contribution in [0.25, 0.3) is 0 Å². The zero-order valence-corrected chi connectivity index (χ0v) is 12.9. The Morgan fingerprint density at radius 3 is 2.06 bits per heavy atom. The van der Waals surface area contributed by atoms with E-state index in [9.17, 15) is 4.79 Å². The van der Waals surface area contributed by atoms with Crippen molar-refractivity contribution in [3.8, 4) is 0 Å². The molecule has 0 fully saturated rings. The molecule has 0 unspecified atom stereocenters. The van der Waals surface area contributed by atoms with Gasteiger partial charge in [0.25, 0.3) is 0 Å². The van der Waals surface area contributed by atoms with E-state index in [-0.39, 0.29) is 24.2 Å². The molecule has 0 aromatic heterocycles. The van der Waals surface area contributed by atoms with Crippen LogP contribution in [0, 0.1) is 0 Å². The largest absolute Gasteiger partial charge is 0.459 e. The molecule has 0 aromatic rings. The lowest BCUT2D eigenvalue weighted by Crippen LogP contribution is -2.37. The molecule has 0 saturated carbocycles. The van der Waals surface area contributed by atoms with E-state index in [0.717, 1.165) is 12.8 Å². The molecule has 0 rings (SSSR count). The van der Waals surface area contributed by atoms with Crippen LogP contribution in [-0.4, -0.2) is 36.9 Å². The van der Waals surface area contributed by atoms with Crippen molar-refractivity contribution >= 4 is 5.97 Å². The summed E-state index contributed by atoms with van der Waals surface area (Å²) in [6, 6.07) is 0.285. The van der Waals surface area contributed by atoms with Crippen LogP contribution in [0.2, 0.25) is 0 Å². The van der Waals surface area contributed by atoms with E-state index in [2.05, 4.69) is 5.32 Å². The summed E-state index contributed by atoms with van der Waals surface area (Å²) >= 11 is 0. The Morgan fingerprint density at radius 1 is 1.11 bits per heavy atom. The first-order valence-electron chi connectivity index (χ1n) is 6.58. The fourth-order valence-corrected chi connectivity index (χ4v) is 1.39. The molecule has 0 radical (unpaired) electrons. The summed E-state index contributed by atoms with van der Waals surface area (Å²) in [7, 11) is 1.70. The fraction of sp³-hybridized carbons (Fsp3) is 0.929. The Balaban J connectivity index is 4.10.